The first-order valence-electron chi connectivity index (χ1n) is 5.44. The van der Waals surface area contributed by atoms with Crippen LogP contribution in [0, 0.1) is 0 Å². The molecule has 0 radical (unpaired) electrons. The lowest BCUT2D eigenvalue weighted by molar-refractivity contribution is 0.204. The van der Waals surface area contributed by atoms with Crippen LogP contribution >= 0.6 is 0 Å². The van der Waals surface area contributed by atoms with Crippen molar-refractivity contribution in [2.75, 3.05) is 20.3 Å². The van der Waals surface area contributed by atoms with Crippen LogP contribution in [0.1, 0.15) is 17.9 Å². The summed E-state index contributed by atoms with van der Waals surface area (Å²) < 4.78 is 10.9. The summed E-state index contributed by atoms with van der Waals surface area (Å²) in [5.41, 5.74) is 6.94. The largest absolute Gasteiger partial charge is 0.493 e. The standard InChI is InChI=1S/C12H17NO3/c1-15-11-4-2-3-9-8(10(13)7-14)5-6-16-12(9)11/h2-4,8,10,14H,5-7,13H2,1H3. The maximum Gasteiger partial charge on any atom is 0.164 e. The quantitative estimate of drug-likeness (QED) is 0.798. The number of aliphatic hydroxyl groups is 1. The van der Waals surface area contributed by atoms with E-state index in [1.54, 1.807) is 7.11 Å². The van der Waals surface area contributed by atoms with Crippen LogP contribution in [0.5, 0.6) is 11.5 Å². The molecule has 88 valence electrons. The Labute approximate surface area is 95.0 Å². The fourth-order valence-electron chi connectivity index (χ4n) is 2.16. The maximum atomic E-state index is 9.14. The summed E-state index contributed by atoms with van der Waals surface area (Å²) in [6, 6.07) is 5.53. The fraction of sp³-hybridized carbons (Fsp3) is 0.500. The molecule has 0 aliphatic carbocycles. The molecule has 0 spiro atoms. The monoisotopic (exact) mass is 223 g/mol. The second kappa shape index (κ2) is 4.72. The van der Waals surface area contributed by atoms with Crippen molar-refractivity contribution in [2.24, 2.45) is 5.73 Å². The Morgan fingerprint density at radius 2 is 2.44 bits per heavy atom. The molecule has 1 aliphatic rings. The Morgan fingerprint density at radius 1 is 1.62 bits per heavy atom. The molecule has 0 aromatic heterocycles. The highest BCUT2D eigenvalue weighted by molar-refractivity contribution is 5.49. The van der Waals surface area contributed by atoms with E-state index in [9.17, 15) is 0 Å². The summed E-state index contributed by atoms with van der Waals surface area (Å²) in [6.07, 6.45) is 0.835. The summed E-state index contributed by atoms with van der Waals surface area (Å²) in [5, 5.41) is 9.14. The van der Waals surface area contributed by atoms with Crippen molar-refractivity contribution in [2.45, 2.75) is 18.4 Å². The molecule has 0 fully saturated rings. The van der Waals surface area contributed by atoms with Gasteiger partial charge >= 0.3 is 0 Å². The molecule has 2 unspecified atom stereocenters. The zero-order chi connectivity index (χ0) is 11.5. The van der Waals surface area contributed by atoms with Gasteiger partial charge in [0.15, 0.2) is 11.5 Å². The Morgan fingerprint density at radius 3 is 3.12 bits per heavy atom. The van der Waals surface area contributed by atoms with E-state index in [-0.39, 0.29) is 18.6 Å². The van der Waals surface area contributed by atoms with Crippen molar-refractivity contribution in [1.29, 1.82) is 0 Å². The van der Waals surface area contributed by atoms with Crippen molar-refractivity contribution >= 4 is 0 Å². The van der Waals surface area contributed by atoms with Gasteiger partial charge in [0.2, 0.25) is 0 Å². The molecule has 0 saturated heterocycles. The minimum Gasteiger partial charge on any atom is -0.493 e. The van der Waals surface area contributed by atoms with Crippen LogP contribution in [0.4, 0.5) is 0 Å². The average molecular weight is 223 g/mol. The Kier molecular flexibility index (Phi) is 3.31. The summed E-state index contributed by atoms with van der Waals surface area (Å²) in [7, 11) is 1.62. The zero-order valence-corrected chi connectivity index (χ0v) is 9.35. The van der Waals surface area contributed by atoms with E-state index in [0.717, 1.165) is 23.5 Å². The molecule has 2 atom stereocenters. The SMILES string of the molecule is COc1cccc2c1OCCC2C(N)CO. The van der Waals surface area contributed by atoms with Crippen LogP contribution in [-0.4, -0.2) is 31.5 Å². The van der Waals surface area contributed by atoms with Crippen molar-refractivity contribution < 1.29 is 14.6 Å². The Bertz CT molecular complexity index is 367. The fourth-order valence-corrected chi connectivity index (χ4v) is 2.16. The maximum absolute atomic E-state index is 9.14. The van der Waals surface area contributed by atoms with E-state index in [1.165, 1.54) is 0 Å². The minimum atomic E-state index is -0.241. The Hall–Kier alpha value is -1.26. The highest BCUT2D eigenvalue weighted by atomic mass is 16.5. The third-order valence-corrected chi connectivity index (χ3v) is 3.03. The van der Waals surface area contributed by atoms with E-state index in [4.69, 9.17) is 20.3 Å². The van der Waals surface area contributed by atoms with E-state index in [1.807, 2.05) is 18.2 Å². The molecule has 0 saturated carbocycles. The summed E-state index contributed by atoms with van der Waals surface area (Å²) >= 11 is 0. The van der Waals surface area contributed by atoms with Crippen molar-refractivity contribution in [3.63, 3.8) is 0 Å². The Balaban J connectivity index is 2.39. The normalized spacial score (nSPS) is 20.8. The lowest BCUT2D eigenvalue weighted by atomic mass is 9.87. The predicted octanol–water partition coefficient (Wildman–Crippen LogP) is 0.881. The van der Waals surface area contributed by atoms with Crippen LogP contribution in [0.2, 0.25) is 0 Å². The molecule has 1 aliphatic heterocycles. The van der Waals surface area contributed by atoms with Gasteiger partial charge in [0.1, 0.15) is 0 Å². The summed E-state index contributed by atoms with van der Waals surface area (Å²) in [4.78, 5) is 0. The molecule has 1 heterocycles. The molecular weight excluding hydrogens is 206 g/mol. The number of aliphatic hydroxyl groups excluding tert-OH is 1. The van der Waals surface area contributed by atoms with Crippen LogP contribution in [0.15, 0.2) is 18.2 Å². The topological polar surface area (TPSA) is 64.7 Å². The number of hydrogen-bond acceptors (Lipinski definition) is 4. The molecule has 0 bridgehead atoms. The van der Waals surface area contributed by atoms with Crippen LogP contribution < -0.4 is 15.2 Å². The van der Waals surface area contributed by atoms with Crippen molar-refractivity contribution in [3.05, 3.63) is 23.8 Å². The number of nitrogens with two attached hydrogens (primary N) is 1. The third kappa shape index (κ3) is 1.86. The first-order valence-corrected chi connectivity index (χ1v) is 5.44. The van der Waals surface area contributed by atoms with Crippen molar-refractivity contribution in [1.82, 2.24) is 0 Å². The number of rotatable bonds is 3. The molecule has 3 N–H and O–H groups in total. The van der Waals surface area contributed by atoms with E-state index in [0.29, 0.717) is 6.61 Å². The summed E-state index contributed by atoms with van der Waals surface area (Å²) in [6.45, 7) is 0.604. The first kappa shape index (κ1) is 11.2. The van der Waals surface area contributed by atoms with Gasteiger partial charge in [-0.3, -0.25) is 0 Å². The molecule has 1 aromatic carbocycles. The smallest absolute Gasteiger partial charge is 0.164 e. The molecule has 2 rings (SSSR count). The molecule has 16 heavy (non-hydrogen) atoms. The molecular formula is C12H17NO3. The second-order valence-corrected chi connectivity index (χ2v) is 3.97. The highest BCUT2D eigenvalue weighted by Crippen LogP contribution is 2.41. The number of fused-ring (bicyclic) bond motifs is 1. The van der Waals surface area contributed by atoms with Gasteiger partial charge in [0.05, 0.1) is 20.3 Å². The molecule has 4 nitrogen and oxygen atoms in total. The molecule has 4 heteroatoms. The van der Waals surface area contributed by atoms with Gasteiger partial charge in [-0.15, -0.1) is 0 Å². The van der Waals surface area contributed by atoms with Gasteiger partial charge < -0.3 is 20.3 Å². The lowest BCUT2D eigenvalue weighted by Crippen LogP contribution is -2.35. The van der Waals surface area contributed by atoms with E-state index in [2.05, 4.69) is 0 Å². The van der Waals surface area contributed by atoms with Crippen LogP contribution in [-0.2, 0) is 0 Å². The molecule has 1 aromatic rings. The van der Waals surface area contributed by atoms with Gasteiger partial charge in [-0.2, -0.15) is 0 Å². The van der Waals surface area contributed by atoms with Gasteiger partial charge in [-0.1, -0.05) is 12.1 Å². The van der Waals surface area contributed by atoms with Crippen LogP contribution in [0.3, 0.4) is 0 Å². The second-order valence-electron chi connectivity index (χ2n) is 3.97. The van der Waals surface area contributed by atoms with Gasteiger partial charge in [-0.05, 0) is 12.5 Å². The van der Waals surface area contributed by atoms with Gasteiger partial charge in [0, 0.05) is 17.5 Å². The first-order chi connectivity index (χ1) is 7.77. The zero-order valence-electron chi connectivity index (χ0n) is 9.35. The van der Waals surface area contributed by atoms with E-state index >= 15 is 0 Å². The predicted molar refractivity (Wildman–Crippen MR) is 60.9 cm³/mol. The van der Waals surface area contributed by atoms with Crippen LogP contribution in [0.25, 0.3) is 0 Å². The number of methoxy groups -OCH3 is 1. The highest BCUT2D eigenvalue weighted by Gasteiger charge is 2.28. The molecule has 0 amide bonds. The van der Waals surface area contributed by atoms with E-state index < -0.39 is 0 Å². The number of hydrogen-bond donors (Lipinski definition) is 2. The van der Waals surface area contributed by atoms with Gasteiger partial charge in [0.25, 0.3) is 0 Å². The number of benzene rings is 1. The average Bonchev–Trinajstić information content (AvgIpc) is 2.36. The lowest BCUT2D eigenvalue weighted by Gasteiger charge is -2.30. The summed E-state index contributed by atoms with van der Waals surface area (Å²) in [5.74, 6) is 1.64. The number of ether oxygens (including phenoxy) is 2. The third-order valence-electron chi connectivity index (χ3n) is 3.03. The number of para-hydroxylation sites is 1. The van der Waals surface area contributed by atoms with Crippen molar-refractivity contribution in [3.8, 4) is 11.5 Å². The van der Waals surface area contributed by atoms with Gasteiger partial charge in [-0.25, -0.2) is 0 Å². The minimum absolute atomic E-state index is 0.0126.